The van der Waals surface area contributed by atoms with Crippen LogP contribution in [0.25, 0.3) is 0 Å². The minimum absolute atomic E-state index is 0.0405. The summed E-state index contributed by atoms with van der Waals surface area (Å²) in [6.07, 6.45) is 0.0483. The molecule has 0 fully saturated rings. The van der Waals surface area contributed by atoms with Gasteiger partial charge in [-0.2, -0.15) is 0 Å². The van der Waals surface area contributed by atoms with Gasteiger partial charge in [0, 0.05) is 11.6 Å². The number of ether oxygens (including phenoxy) is 1. The van der Waals surface area contributed by atoms with E-state index >= 15 is 0 Å². The summed E-state index contributed by atoms with van der Waals surface area (Å²) in [5.74, 6) is 0.692. The third-order valence-corrected chi connectivity index (χ3v) is 5.04. The van der Waals surface area contributed by atoms with E-state index in [0.717, 1.165) is 5.56 Å². The summed E-state index contributed by atoms with van der Waals surface area (Å²) in [4.78, 5) is -0.0405. The molecule has 0 atom stereocenters. The molecule has 0 aliphatic heterocycles. The number of hydrogen-bond acceptors (Lipinski definition) is 3. The van der Waals surface area contributed by atoms with Crippen LogP contribution in [-0.4, -0.2) is 14.5 Å². The first-order chi connectivity index (χ1) is 10.8. The summed E-state index contributed by atoms with van der Waals surface area (Å²) in [6, 6.07) is 11.6. The van der Waals surface area contributed by atoms with Gasteiger partial charge in [-0.15, -0.1) is 0 Å². The van der Waals surface area contributed by atoms with E-state index in [4.69, 9.17) is 27.9 Å². The topological polar surface area (TPSA) is 55.4 Å². The third kappa shape index (κ3) is 5.11. The predicted octanol–water partition coefficient (Wildman–Crippen LogP) is 4.26. The number of rotatable bonds is 6. The van der Waals surface area contributed by atoms with Crippen molar-refractivity contribution in [2.24, 2.45) is 0 Å². The molecule has 2 rings (SSSR count). The average Bonchev–Trinajstić information content (AvgIpc) is 2.47. The van der Waals surface area contributed by atoms with Gasteiger partial charge in [0.25, 0.3) is 0 Å². The highest BCUT2D eigenvalue weighted by Gasteiger charge is 2.18. The van der Waals surface area contributed by atoms with E-state index in [1.54, 1.807) is 6.07 Å². The third-order valence-electron chi connectivity index (χ3n) is 2.92. The number of benzene rings is 2. The maximum Gasteiger partial charge on any atom is 0.242 e. The zero-order valence-corrected chi connectivity index (χ0v) is 15.0. The Labute approximate surface area is 146 Å². The monoisotopic (exact) mass is 373 g/mol. The smallest absolute Gasteiger partial charge is 0.242 e. The molecule has 1 N–H and O–H groups in total. The molecule has 0 amide bonds. The van der Waals surface area contributed by atoms with Gasteiger partial charge in [-0.25, -0.2) is 13.1 Å². The van der Waals surface area contributed by atoms with Crippen LogP contribution in [0.3, 0.4) is 0 Å². The van der Waals surface area contributed by atoms with E-state index in [0.29, 0.717) is 10.8 Å². The first-order valence-corrected chi connectivity index (χ1v) is 9.22. The zero-order chi connectivity index (χ0) is 17.0. The van der Waals surface area contributed by atoms with Gasteiger partial charge in [-0.1, -0.05) is 35.3 Å². The zero-order valence-electron chi connectivity index (χ0n) is 12.7. The molecule has 0 aliphatic rings. The molecule has 0 saturated carbocycles. The highest BCUT2D eigenvalue weighted by Crippen LogP contribution is 2.25. The second-order valence-corrected chi connectivity index (χ2v) is 7.79. The molecule has 0 unspecified atom stereocenters. The SMILES string of the molecule is CC(C)Oc1cccc(CNS(=O)(=O)c2cc(Cl)ccc2Cl)c1. The van der Waals surface area contributed by atoms with Crippen molar-refractivity contribution < 1.29 is 13.2 Å². The standard InChI is InChI=1S/C16H17Cl2NO3S/c1-11(2)22-14-5-3-4-12(8-14)10-19-23(20,21)16-9-13(17)6-7-15(16)18/h3-9,11,19H,10H2,1-2H3. The molecule has 0 radical (unpaired) electrons. The molecule has 0 aliphatic carbocycles. The maximum absolute atomic E-state index is 12.4. The Morgan fingerprint density at radius 1 is 1.13 bits per heavy atom. The Morgan fingerprint density at radius 3 is 2.57 bits per heavy atom. The van der Waals surface area contributed by atoms with Gasteiger partial charge in [-0.05, 0) is 49.7 Å². The van der Waals surface area contributed by atoms with Crippen LogP contribution in [0, 0.1) is 0 Å². The summed E-state index contributed by atoms with van der Waals surface area (Å²) < 4.78 is 32.8. The molecule has 124 valence electrons. The van der Waals surface area contributed by atoms with Gasteiger partial charge in [-0.3, -0.25) is 0 Å². The van der Waals surface area contributed by atoms with Crippen molar-refractivity contribution in [2.45, 2.75) is 31.4 Å². The maximum atomic E-state index is 12.4. The van der Waals surface area contributed by atoms with Crippen LogP contribution in [0.1, 0.15) is 19.4 Å². The van der Waals surface area contributed by atoms with Gasteiger partial charge >= 0.3 is 0 Å². The summed E-state index contributed by atoms with van der Waals surface area (Å²) in [5, 5.41) is 0.431. The molecule has 0 saturated heterocycles. The second kappa shape index (κ2) is 7.53. The highest BCUT2D eigenvalue weighted by atomic mass is 35.5. The molecule has 7 heteroatoms. The van der Waals surface area contributed by atoms with Crippen LogP contribution in [0.15, 0.2) is 47.4 Å². The van der Waals surface area contributed by atoms with Crippen molar-refractivity contribution in [1.29, 1.82) is 0 Å². The van der Waals surface area contributed by atoms with Gasteiger partial charge in [0.2, 0.25) is 10.0 Å². The van der Waals surface area contributed by atoms with Crippen molar-refractivity contribution in [3.8, 4) is 5.75 Å². The minimum Gasteiger partial charge on any atom is -0.491 e. The molecular weight excluding hydrogens is 357 g/mol. The Hall–Kier alpha value is -1.27. The van der Waals surface area contributed by atoms with Crippen LogP contribution in [-0.2, 0) is 16.6 Å². The van der Waals surface area contributed by atoms with Gasteiger partial charge in [0.1, 0.15) is 10.6 Å². The van der Waals surface area contributed by atoms with Gasteiger partial charge in [0.15, 0.2) is 0 Å². The van der Waals surface area contributed by atoms with Crippen LogP contribution in [0.4, 0.5) is 0 Å². The first kappa shape index (κ1) is 18.1. The highest BCUT2D eigenvalue weighted by molar-refractivity contribution is 7.89. The lowest BCUT2D eigenvalue weighted by molar-refractivity contribution is 0.242. The molecular formula is C16H17Cl2NO3S. The average molecular weight is 374 g/mol. The van der Waals surface area contributed by atoms with Gasteiger partial charge < -0.3 is 4.74 Å². The largest absolute Gasteiger partial charge is 0.491 e. The van der Waals surface area contributed by atoms with Crippen molar-refractivity contribution in [1.82, 2.24) is 4.72 Å². The predicted molar refractivity (Wildman–Crippen MR) is 92.7 cm³/mol. The van der Waals surface area contributed by atoms with Crippen LogP contribution < -0.4 is 9.46 Å². The second-order valence-electron chi connectivity index (χ2n) is 5.21. The van der Waals surface area contributed by atoms with E-state index in [2.05, 4.69) is 4.72 Å². The normalized spacial score (nSPS) is 11.7. The van der Waals surface area contributed by atoms with Crippen molar-refractivity contribution in [2.75, 3.05) is 0 Å². The van der Waals surface area contributed by atoms with E-state index in [9.17, 15) is 8.42 Å². The number of sulfonamides is 1. The first-order valence-electron chi connectivity index (χ1n) is 6.98. The summed E-state index contributed by atoms with van der Waals surface area (Å²) in [5.41, 5.74) is 0.782. The van der Waals surface area contributed by atoms with E-state index in [-0.39, 0.29) is 22.6 Å². The van der Waals surface area contributed by atoms with E-state index < -0.39 is 10.0 Å². The summed E-state index contributed by atoms with van der Waals surface area (Å²) in [6.45, 7) is 3.98. The quantitative estimate of drug-likeness (QED) is 0.822. The van der Waals surface area contributed by atoms with Crippen LogP contribution >= 0.6 is 23.2 Å². The van der Waals surface area contributed by atoms with Crippen molar-refractivity contribution in [3.05, 3.63) is 58.1 Å². The number of nitrogens with one attached hydrogen (secondary N) is 1. The molecule has 0 heterocycles. The fourth-order valence-electron chi connectivity index (χ4n) is 1.94. The lowest BCUT2D eigenvalue weighted by Gasteiger charge is -2.12. The van der Waals surface area contributed by atoms with Crippen LogP contribution in [0.5, 0.6) is 5.75 Å². The fraction of sp³-hybridized carbons (Fsp3) is 0.250. The van der Waals surface area contributed by atoms with E-state index in [1.807, 2.05) is 32.0 Å². The van der Waals surface area contributed by atoms with Crippen molar-refractivity contribution >= 4 is 33.2 Å². The minimum atomic E-state index is -3.75. The summed E-state index contributed by atoms with van der Waals surface area (Å²) >= 11 is 11.8. The lowest BCUT2D eigenvalue weighted by atomic mass is 10.2. The number of halogens is 2. The lowest BCUT2D eigenvalue weighted by Crippen LogP contribution is -2.23. The molecule has 23 heavy (non-hydrogen) atoms. The van der Waals surface area contributed by atoms with Crippen LogP contribution in [0.2, 0.25) is 10.0 Å². The molecule has 0 spiro atoms. The Morgan fingerprint density at radius 2 is 1.87 bits per heavy atom. The Kier molecular flexibility index (Phi) is 5.92. The molecule has 2 aromatic carbocycles. The van der Waals surface area contributed by atoms with Gasteiger partial charge in [0.05, 0.1) is 11.1 Å². The molecule has 0 bridgehead atoms. The van der Waals surface area contributed by atoms with E-state index in [1.165, 1.54) is 18.2 Å². The Bertz CT molecular complexity index is 792. The Balaban J connectivity index is 2.15. The summed E-state index contributed by atoms with van der Waals surface area (Å²) in [7, 11) is -3.75. The fourth-order valence-corrected chi connectivity index (χ4v) is 3.72. The van der Waals surface area contributed by atoms with Crippen molar-refractivity contribution in [3.63, 3.8) is 0 Å². The molecule has 0 aromatic heterocycles. The number of hydrogen-bond donors (Lipinski definition) is 1. The molecule has 2 aromatic rings. The molecule has 4 nitrogen and oxygen atoms in total.